The number of hydrogen-bond donors (Lipinski definition) is 2. The minimum atomic E-state index is -0.722. The summed E-state index contributed by atoms with van der Waals surface area (Å²) in [4.78, 5) is 10.4. The summed E-state index contributed by atoms with van der Waals surface area (Å²) in [6, 6.07) is 0. The van der Waals surface area contributed by atoms with Gasteiger partial charge in [0.25, 0.3) is 0 Å². The largest absolute Gasteiger partial charge is 0.481 e. The third-order valence-electron chi connectivity index (χ3n) is 2.58. The highest BCUT2D eigenvalue weighted by atomic mass is 32.1. The van der Waals surface area contributed by atoms with Crippen molar-refractivity contribution >= 4 is 18.6 Å². The molecule has 0 aromatic carbocycles. The SMILES string of the molecule is O=C(O)CC(S)C1CCCCC1. The van der Waals surface area contributed by atoms with Crippen molar-refractivity contribution in [1.82, 2.24) is 0 Å². The Morgan fingerprint density at radius 1 is 1.42 bits per heavy atom. The third-order valence-corrected chi connectivity index (χ3v) is 3.18. The average molecular weight is 188 g/mol. The lowest BCUT2D eigenvalue weighted by atomic mass is 9.86. The molecule has 0 aromatic heterocycles. The van der Waals surface area contributed by atoms with Crippen molar-refractivity contribution in [3.8, 4) is 0 Å². The summed E-state index contributed by atoms with van der Waals surface area (Å²) in [6.07, 6.45) is 6.36. The molecule has 1 atom stereocenters. The van der Waals surface area contributed by atoms with Gasteiger partial charge >= 0.3 is 5.97 Å². The van der Waals surface area contributed by atoms with Crippen LogP contribution in [0.4, 0.5) is 0 Å². The first-order valence-electron chi connectivity index (χ1n) is 4.60. The van der Waals surface area contributed by atoms with E-state index in [0.29, 0.717) is 5.92 Å². The van der Waals surface area contributed by atoms with E-state index in [4.69, 9.17) is 5.11 Å². The summed E-state index contributed by atoms with van der Waals surface area (Å²) < 4.78 is 0. The van der Waals surface area contributed by atoms with E-state index < -0.39 is 5.97 Å². The lowest BCUT2D eigenvalue weighted by molar-refractivity contribution is -0.137. The van der Waals surface area contributed by atoms with E-state index in [9.17, 15) is 4.79 Å². The van der Waals surface area contributed by atoms with Gasteiger partial charge in [-0.1, -0.05) is 19.3 Å². The number of hydrogen-bond acceptors (Lipinski definition) is 2. The first kappa shape index (κ1) is 9.90. The molecule has 1 fully saturated rings. The Labute approximate surface area is 78.8 Å². The fourth-order valence-corrected chi connectivity index (χ4v) is 2.32. The molecule has 0 heterocycles. The van der Waals surface area contributed by atoms with Crippen LogP contribution in [0.5, 0.6) is 0 Å². The van der Waals surface area contributed by atoms with Crippen LogP contribution in [0.15, 0.2) is 0 Å². The van der Waals surface area contributed by atoms with Crippen molar-refractivity contribution in [2.24, 2.45) is 5.92 Å². The van der Waals surface area contributed by atoms with Crippen molar-refractivity contribution in [1.29, 1.82) is 0 Å². The second-order valence-electron chi connectivity index (χ2n) is 3.56. The fraction of sp³-hybridized carbons (Fsp3) is 0.889. The minimum Gasteiger partial charge on any atom is -0.481 e. The van der Waals surface area contributed by atoms with Gasteiger partial charge in [0.1, 0.15) is 0 Å². The molecule has 0 bridgehead atoms. The second kappa shape index (κ2) is 4.75. The van der Waals surface area contributed by atoms with Gasteiger partial charge in [-0.05, 0) is 18.8 Å². The summed E-state index contributed by atoms with van der Waals surface area (Å²) in [5, 5.41) is 8.64. The zero-order valence-corrected chi connectivity index (χ0v) is 8.09. The van der Waals surface area contributed by atoms with Gasteiger partial charge in [-0.15, -0.1) is 0 Å². The molecular formula is C9H16O2S. The highest BCUT2D eigenvalue weighted by molar-refractivity contribution is 7.81. The molecule has 0 spiro atoms. The van der Waals surface area contributed by atoms with Crippen molar-refractivity contribution < 1.29 is 9.90 Å². The van der Waals surface area contributed by atoms with Crippen LogP contribution in [0.3, 0.4) is 0 Å². The van der Waals surface area contributed by atoms with E-state index in [1.165, 1.54) is 32.1 Å². The smallest absolute Gasteiger partial charge is 0.304 e. The maximum absolute atomic E-state index is 10.4. The number of carbonyl (C=O) groups is 1. The normalized spacial score (nSPS) is 22.1. The zero-order chi connectivity index (χ0) is 8.97. The molecule has 0 saturated heterocycles. The fourth-order valence-electron chi connectivity index (χ4n) is 1.86. The molecular weight excluding hydrogens is 172 g/mol. The van der Waals surface area contributed by atoms with Crippen LogP contribution < -0.4 is 0 Å². The topological polar surface area (TPSA) is 37.3 Å². The summed E-state index contributed by atoms with van der Waals surface area (Å²) >= 11 is 4.33. The molecule has 0 radical (unpaired) electrons. The van der Waals surface area contributed by atoms with E-state index in [2.05, 4.69) is 12.6 Å². The van der Waals surface area contributed by atoms with Crippen LogP contribution in [-0.2, 0) is 4.79 Å². The number of aliphatic carboxylic acids is 1. The summed E-state index contributed by atoms with van der Waals surface area (Å²) in [7, 11) is 0. The van der Waals surface area contributed by atoms with Gasteiger partial charge in [0.05, 0.1) is 6.42 Å². The van der Waals surface area contributed by atoms with Crippen LogP contribution in [0, 0.1) is 5.92 Å². The molecule has 1 unspecified atom stereocenters. The Balaban J connectivity index is 2.29. The molecule has 2 nitrogen and oxygen atoms in total. The number of rotatable bonds is 3. The second-order valence-corrected chi connectivity index (χ2v) is 4.23. The van der Waals surface area contributed by atoms with Crippen LogP contribution >= 0.6 is 12.6 Å². The molecule has 0 aliphatic heterocycles. The maximum Gasteiger partial charge on any atom is 0.304 e. The third kappa shape index (κ3) is 3.05. The molecule has 1 aliphatic carbocycles. The summed E-state index contributed by atoms with van der Waals surface area (Å²) in [5.41, 5.74) is 0. The van der Waals surface area contributed by atoms with Gasteiger partial charge < -0.3 is 5.11 Å². The number of carboxylic acids is 1. The first-order chi connectivity index (χ1) is 5.70. The number of carboxylic acid groups (broad SMARTS) is 1. The predicted octanol–water partition coefficient (Wildman–Crippen LogP) is 2.34. The molecule has 1 N–H and O–H groups in total. The molecule has 0 aromatic rings. The molecule has 1 saturated carbocycles. The van der Waals surface area contributed by atoms with E-state index in [1.807, 2.05) is 0 Å². The Bertz CT molecular complexity index is 153. The summed E-state index contributed by atoms with van der Waals surface area (Å²) in [5.74, 6) is -0.182. The highest BCUT2D eigenvalue weighted by Crippen LogP contribution is 2.30. The minimum absolute atomic E-state index is 0.0720. The van der Waals surface area contributed by atoms with Gasteiger partial charge in [-0.3, -0.25) is 4.79 Å². The average Bonchev–Trinajstić information content (AvgIpc) is 2.05. The Morgan fingerprint density at radius 3 is 2.50 bits per heavy atom. The van der Waals surface area contributed by atoms with Crippen molar-refractivity contribution in [3.05, 3.63) is 0 Å². The van der Waals surface area contributed by atoms with Crippen LogP contribution in [0.1, 0.15) is 38.5 Å². The van der Waals surface area contributed by atoms with Crippen LogP contribution in [-0.4, -0.2) is 16.3 Å². The van der Waals surface area contributed by atoms with E-state index in [1.54, 1.807) is 0 Å². The van der Waals surface area contributed by atoms with Crippen molar-refractivity contribution in [2.45, 2.75) is 43.8 Å². The lowest BCUT2D eigenvalue weighted by Crippen LogP contribution is -2.21. The monoisotopic (exact) mass is 188 g/mol. The Kier molecular flexibility index (Phi) is 3.92. The van der Waals surface area contributed by atoms with Crippen molar-refractivity contribution in [2.75, 3.05) is 0 Å². The predicted molar refractivity (Wildman–Crippen MR) is 51.6 cm³/mol. The van der Waals surface area contributed by atoms with Gasteiger partial charge in [0, 0.05) is 5.25 Å². The number of thiol groups is 1. The zero-order valence-electron chi connectivity index (χ0n) is 7.20. The Morgan fingerprint density at radius 2 is 2.00 bits per heavy atom. The molecule has 70 valence electrons. The molecule has 1 aliphatic rings. The van der Waals surface area contributed by atoms with Crippen LogP contribution in [0.2, 0.25) is 0 Å². The van der Waals surface area contributed by atoms with Gasteiger partial charge in [-0.25, -0.2) is 0 Å². The molecule has 12 heavy (non-hydrogen) atoms. The quantitative estimate of drug-likeness (QED) is 0.667. The summed E-state index contributed by atoms with van der Waals surface area (Å²) in [6.45, 7) is 0. The van der Waals surface area contributed by atoms with Crippen LogP contribution in [0.25, 0.3) is 0 Å². The molecule has 0 amide bonds. The lowest BCUT2D eigenvalue weighted by Gasteiger charge is -2.25. The van der Waals surface area contributed by atoms with E-state index in [0.717, 1.165) is 0 Å². The van der Waals surface area contributed by atoms with E-state index >= 15 is 0 Å². The first-order valence-corrected chi connectivity index (χ1v) is 5.11. The highest BCUT2D eigenvalue weighted by Gasteiger charge is 2.22. The molecule has 1 rings (SSSR count). The standard InChI is InChI=1S/C9H16O2S/c10-9(11)6-8(12)7-4-2-1-3-5-7/h7-8,12H,1-6H2,(H,10,11). The van der Waals surface area contributed by atoms with E-state index in [-0.39, 0.29) is 11.7 Å². The van der Waals surface area contributed by atoms with Gasteiger partial charge in [0.15, 0.2) is 0 Å². The van der Waals surface area contributed by atoms with Gasteiger partial charge in [0.2, 0.25) is 0 Å². The van der Waals surface area contributed by atoms with Crippen molar-refractivity contribution in [3.63, 3.8) is 0 Å². The maximum atomic E-state index is 10.4. The van der Waals surface area contributed by atoms with Gasteiger partial charge in [-0.2, -0.15) is 12.6 Å². The Hall–Kier alpha value is -0.180. The molecule has 3 heteroatoms.